The predicted octanol–water partition coefficient (Wildman–Crippen LogP) is -1.34. The topological polar surface area (TPSA) is 112 Å². The van der Waals surface area contributed by atoms with Crippen molar-refractivity contribution in [1.82, 2.24) is 0 Å². The van der Waals surface area contributed by atoms with Gasteiger partial charge in [-0.05, 0) is 12.8 Å². The van der Waals surface area contributed by atoms with Gasteiger partial charge in [-0.25, -0.2) is 0 Å². The maximum absolute atomic E-state index is 10.4. The van der Waals surface area contributed by atoms with Crippen LogP contribution in [0.4, 0.5) is 0 Å². The summed E-state index contributed by atoms with van der Waals surface area (Å²) in [5, 5.41) is 0. The fraction of sp³-hybridized carbons (Fsp3) is 0.571. The lowest BCUT2D eigenvalue weighted by Crippen LogP contribution is -2.36. The lowest BCUT2D eigenvalue weighted by molar-refractivity contribution is -0.119. The highest BCUT2D eigenvalue weighted by molar-refractivity contribution is 5.82. The van der Waals surface area contributed by atoms with Gasteiger partial charge in [0.15, 0.2) is 0 Å². The second kappa shape index (κ2) is 5.54. The van der Waals surface area contributed by atoms with Crippen molar-refractivity contribution in [3.63, 3.8) is 0 Å². The number of carbonyl (C=O) groups excluding carboxylic acids is 2. The summed E-state index contributed by atoms with van der Waals surface area (Å²) < 4.78 is 0. The molecule has 0 bridgehead atoms. The quantitative estimate of drug-likeness (QED) is 0.431. The van der Waals surface area contributed by atoms with Crippen LogP contribution >= 0.6 is 0 Å². The lowest BCUT2D eigenvalue weighted by Gasteiger charge is -2.05. The Kier molecular flexibility index (Phi) is 5.03. The van der Waals surface area contributed by atoms with Gasteiger partial charge in [0.2, 0.25) is 11.8 Å². The highest BCUT2D eigenvalue weighted by Gasteiger charge is 2.07. The largest absolute Gasteiger partial charge is 0.369 e. The monoisotopic (exact) mass is 172 g/mol. The van der Waals surface area contributed by atoms with Gasteiger partial charge >= 0.3 is 0 Å². The molecule has 0 aromatic rings. The van der Waals surface area contributed by atoms with E-state index in [1.807, 2.05) is 0 Å². The average molecular weight is 172 g/mol. The first-order valence-corrected chi connectivity index (χ1v) is 3.71. The molecule has 0 saturated heterocycles. The molecule has 6 N–H and O–H groups in total. The molecule has 1 unspecified atom stereocenters. The van der Waals surface area contributed by atoms with Gasteiger partial charge in [0.1, 0.15) is 0 Å². The van der Waals surface area contributed by atoms with Crippen molar-refractivity contribution >= 4 is 11.8 Å². The molecule has 0 heterocycles. The van der Waals surface area contributed by atoms with Crippen LogP contribution in [0, 0.1) is 6.42 Å². The molecule has 12 heavy (non-hydrogen) atoms. The summed E-state index contributed by atoms with van der Waals surface area (Å²) in [6.45, 7) is 0. The van der Waals surface area contributed by atoms with E-state index >= 15 is 0 Å². The van der Waals surface area contributed by atoms with Crippen molar-refractivity contribution in [2.45, 2.75) is 25.3 Å². The number of carbonyl (C=O) groups is 2. The highest BCUT2D eigenvalue weighted by Crippen LogP contribution is 2.00. The fourth-order valence-electron chi connectivity index (χ4n) is 0.724. The Balaban J connectivity index is 3.31. The maximum atomic E-state index is 10.4. The zero-order valence-corrected chi connectivity index (χ0v) is 6.82. The molecule has 0 aromatic heterocycles. The smallest absolute Gasteiger partial charge is 0.234 e. The number of hydrogen-bond donors (Lipinski definition) is 3. The van der Waals surface area contributed by atoms with E-state index in [1.165, 1.54) is 6.42 Å². The summed E-state index contributed by atoms with van der Waals surface area (Å²) in [6.07, 6.45) is 3.02. The second-order valence-electron chi connectivity index (χ2n) is 2.55. The van der Waals surface area contributed by atoms with Crippen LogP contribution < -0.4 is 17.2 Å². The summed E-state index contributed by atoms with van der Waals surface area (Å²) in [6, 6.07) is -0.619. The van der Waals surface area contributed by atoms with Crippen molar-refractivity contribution in [2.75, 3.05) is 0 Å². The first-order chi connectivity index (χ1) is 5.54. The zero-order chi connectivity index (χ0) is 9.56. The molecule has 5 nitrogen and oxygen atoms in total. The first-order valence-electron chi connectivity index (χ1n) is 3.71. The van der Waals surface area contributed by atoms with Crippen molar-refractivity contribution in [1.29, 1.82) is 0 Å². The van der Waals surface area contributed by atoms with Crippen LogP contribution in [0.2, 0.25) is 0 Å². The van der Waals surface area contributed by atoms with Gasteiger partial charge in [-0.3, -0.25) is 9.59 Å². The summed E-state index contributed by atoms with van der Waals surface area (Å²) in [4.78, 5) is 20.6. The molecule has 0 rings (SSSR count). The number of nitrogens with two attached hydrogens (primary N) is 3. The van der Waals surface area contributed by atoms with E-state index in [9.17, 15) is 9.59 Å². The molecule has 0 aromatic carbocycles. The third kappa shape index (κ3) is 5.67. The molecule has 69 valence electrons. The van der Waals surface area contributed by atoms with E-state index in [-0.39, 0.29) is 0 Å². The minimum Gasteiger partial charge on any atom is -0.369 e. The van der Waals surface area contributed by atoms with Gasteiger partial charge in [0.05, 0.1) is 6.04 Å². The van der Waals surface area contributed by atoms with E-state index in [0.29, 0.717) is 19.3 Å². The van der Waals surface area contributed by atoms with Crippen molar-refractivity contribution < 1.29 is 9.59 Å². The molecule has 5 heteroatoms. The number of unbranched alkanes of at least 4 members (excludes halogenated alkanes) is 1. The van der Waals surface area contributed by atoms with Crippen molar-refractivity contribution in [3.8, 4) is 0 Å². The summed E-state index contributed by atoms with van der Waals surface area (Å²) >= 11 is 0. The Morgan fingerprint density at radius 2 is 1.92 bits per heavy atom. The normalized spacial score (nSPS) is 12.4. The van der Waals surface area contributed by atoms with Gasteiger partial charge in [0, 0.05) is 6.42 Å². The number of primary amides is 2. The van der Waals surface area contributed by atoms with Crippen LogP contribution in [0.3, 0.4) is 0 Å². The molecule has 0 spiro atoms. The van der Waals surface area contributed by atoms with Crippen LogP contribution in [0.5, 0.6) is 0 Å². The highest BCUT2D eigenvalue weighted by atomic mass is 16.1. The van der Waals surface area contributed by atoms with Gasteiger partial charge in [-0.2, -0.15) is 0 Å². The molecule has 2 amide bonds. The molecule has 0 aliphatic heterocycles. The predicted molar refractivity (Wildman–Crippen MR) is 44.5 cm³/mol. The molecule has 0 fully saturated rings. The van der Waals surface area contributed by atoms with Crippen molar-refractivity contribution in [3.05, 3.63) is 6.42 Å². The fourth-order valence-corrected chi connectivity index (χ4v) is 0.724. The van der Waals surface area contributed by atoms with E-state index < -0.39 is 17.9 Å². The summed E-state index contributed by atoms with van der Waals surface area (Å²) in [7, 11) is 0. The summed E-state index contributed by atoms with van der Waals surface area (Å²) in [5.74, 6) is -0.975. The van der Waals surface area contributed by atoms with Gasteiger partial charge < -0.3 is 17.2 Å². The Labute approximate surface area is 71.3 Å². The average Bonchev–Trinajstić information content (AvgIpc) is 1.97. The van der Waals surface area contributed by atoms with Crippen LogP contribution in [0.1, 0.15) is 19.3 Å². The molecule has 0 saturated carbocycles. The SMILES string of the molecule is NC(=O)[CH]CCCC(N)C(N)=O. The number of hydrogen-bond acceptors (Lipinski definition) is 3. The van der Waals surface area contributed by atoms with Crippen LogP contribution in [0.25, 0.3) is 0 Å². The van der Waals surface area contributed by atoms with E-state index in [1.54, 1.807) is 0 Å². The molecule has 1 atom stereocenters. The van der Waals surface area contributed by atoms with Crippen LogP contribution in [-0.2, 0) is 9.59 Å². The van der Waals surface area contributed by atoms with Crippen LogP contribution in [0.15, 0.2) is 0 Å². The zero-order valence-electron chi connectivity index (χ0n) is 6.82. The number of amides is 2. The minimum absolute atomic E-state index is 0.456. The third-order valence-electron chi connectivity index (χ3n) is 1.43. The lowest BCUT2D eigenvalue weighted by atomic mass is 10.1. The Morgan fingerprint density at radius 3 is 2.33 bits per heavy atom. The summed E-state index contributed by atoms with van der Waals surface area (Å²) in [5.41, 5.74) is 15.1. The molecule has 0 aliphatic rings. The Bertz CT molecular complexity index is 170. The van der Waals surface area contributed by atoms with E-state index in [4.69, 9.17) is 17.2 Å². The van der Waals surface area contributed by atoms with Gasteiger partial charge in [-0.15, -0.1) is 0 Å². The van der Waals surface area contributed by atoms with Gasteiger partial charge in [-0.1, -0.05) is 6.42 Å². The minimum atomic E-state index is -0.619. The molecular weight excluding hydrogens is 158 g/mol. The van der Waals surface area contributed by atoms with Gasteiger partial charge in [0.25, 0.3) is 0 Å². The molecular formula is C7H14N3O2. The first kappa shape index (κ1) is 10.9. The van der Waals surface area contributed by atoms with E-state index in [0.717, 1.165) is 0 Å². The molecule has 1 radical (unpaired) electrons. The Morgan fingerprint density at radius 1 is 1.33 bits per heavy atom. The van der Waals surface area contributed by atoms with Crippen LogP contribution in [-0.4, -0.2) is 17.9 Å². The molecule has 0 aliphatic carbocycles. The van der Waals surface area contributed by atoms with Crippen molar-refractivity contribution in [2.24, 2.45) is 17.2 Å². The Hall–Kier alpha value is -1.10. The number of rotatable bonds is 6. The second-order valence-corrected chi connectivity index (χ2v) is 2.55. The maximum Gasteiger partial charge on any atom is 0.234 e. The standard InChI is InChI=1S/C7H14N3O2/c8-5(7(10)12)3-1-2-4-6(9)11/h4-5H,1-3,8H2,(H2,9,11)(H2,10,12). The third-order valence-corrected chi connectivity index (χ3v) is 1.43. The van der Waals surface area contributed by atoms with E-state index in [2.05, 4.69) is 0 Å².